The van der Waals surface area contributed by atoms with Crippen molar-refractivity contribution >= 4 is 6.09 Å². The summed E-state index contributed by atoms with van der Waals surface area (Å²) in [5.41, 5.74) is 0.467. The maximum atomic E-state index is 11.7. The van der Waals surface area contributed by atoms with Gasteiger partial charge in [0.05, 0.1) is 6.10 Å². The van der Waals surface area contributed by atoms with Gasteiger partial charge < -0.3 is 9.64 Å². The predicted molar refractivity (Wildman–Crippen MR) is 65.4 cm³/mol. The standard InChI is InChI=1S/C13H25NO2/c1-5-13(6-2)7-9-14(10-8-13)12(15)16-11(3)4/h11H,5-10H2,1-4H3. The number of hydrogen-bond acceptors (Lipinski definition) is 2. The molecule has 0 N–H and O–H groups in total. The summed E-state index contributed by atoms with van der Waals surface area (Å²) in [5.74, 6) is 0. The topological polar surface area (TPSA) is 29.5 Å². The Kier molecular flexibility index (Phi) is 4.63. The summed E-state index contributed by atoms with van der Waals surface area (Å²) in [4.78, 5) is 13.6. The number of carbonyl (C=O) groups is 1. The van der Waals surface area contributed by atoms with Crippen LogP contribution < -0.4 is 0 Å². The predicted octanol–water partition coefficient (Wildman–Crippen LogP) is 3.43. The van der Waals surface area contributed by atoms with E-state index in [1.54, 1.807) is 0 Å². The Hall–Kier alpha value is -0.730. The van der Waals surface area contributed by atoms with E-state index in [1.165, 1.54) is 12.8 Å². The number of piperidine rings is 1. The van der Waals surface area contributed by atoms with E-state index in [9.17, 15) is 4.79 Å². The normalized spacial score (nSPS) is 19.9. The summed E-state index contributed by atoms with van der Waals surface area (Å²) < 4.78 is 5.21. The quantitative estimate of drug-likeness (QED) is 0.739. The molecule has 0 atom stereocenters. The second kappa shape index (κ2) is 5.55. The zero-order valence-corrected chi connectivity index (χ0v) is 11.1. The first-order valence-corrected chi connectivity index (χ1v) is 6.48. The van der Waals surface area contributed by atoms with Crippen LogP contribution in [-0.4, -0.2) is 30.2 Å². The Labute approximate surface area is 99.1 Å². The minimum atomic E-state index is -0.143. The Morgan fingerprint density at radius 2 is 1.75 bits per heavy atom. The Morgan fingerprint density at radius 1 is 1.25 bits per heavy atom. The highest BCUT2D eigenvalue weighted by atomic mass is 16.6. The molecule has 0 unspecified atom stereocenters. The molecule has 0 spiro atoms. The van der Waals surface area contributed by atoms with Crippen molar-refractivity contribution in [1.29, 1.82) is 0 Å². The molecule has 0 aliphatic carbocycles. The van der Waals surface area contributed by atoms with Gasteiger partial charge >= 0.3 is 6.09 Å². The molecular weight excluding hydrogens is 202 g/mol. The molecule has 3 nitrogen and oxygen atoms in total. The molecule has 16 heavy (non-hydrogen) atoms. The molecule has 0 aromatic heterocycles. The largest absolute Gasteiger partial charge is 0.447 e. The minimum absolute atomic E-state index is 0.0171. The lowest BCUT2D eigenvalue weighted by molar-refractivity contribution is 0.0463. The third-order valence-corrected chi connectivity index (χ3v) is 3.92. The van der Waals surface area contributed by atoms with Crippen molar-refractivity contribution in [2.45, 2.75) is 59.5 Å². The van der Waals surface area contributed by atoms with Gasteiger partial charge in [-0.2, -0.15) is 0 Å². The van der Waals surface area contributed by atoms with E-state index in [0.29, 0.717) is 5.41 Å². The smallest absolute Gasteiger partial charge is 0.410 e. The average Bonchev–Trinajstić information content (AvgIpc) is 2.28. The van der Waals surface area contributed by atoms with Gasteiger partial charge in [-0.05, 0) is 32.1 Å². The van der Waals surface area contributed by atoms with Crippen LogP contribution in [0, 0.1) is 5.41 Å². The first kappa shape index (κ1) is 13.3. The van der Waals surface area contributed by atoms with Crippen LogP contribution in [0.4, 0.5) is 4.79 Å². The van der Waals surface area contributed by atoms with Gasteiger partial charge in [0.25, 0.3) is 0 Å². The number of ether oxygens (including phenoxy) is 1. The lowest BCUT2D eigenvalue weighted by atomic mass is 9.74. The van der Waals surface area contributed by atoms with Crippen LogP contribution in [0.5, 0.6) is 0 Å². The fraction of sp³-hybridized carbons (Fsp3) is 0.923. The van der Waals surface area contributed by atoms with E-state index >= 15 is 0 Å². The SMILES string of the molecule is CCC1(CC)CCN(C(=O)OC(C)C)CC1. The highest BCUT2D eigenvalue weighted by Gasteiger charge is 2.33. The lowest BCUT2D eigenvalue weighted by Crippen LogP contribution is -2.43. The molecular formula is C13H25NO2. The summed E-state index contributed by atoms with van der Waals surface area (Å²) in [6.45, 7) is 10.0. The zero-order chi connectivity index (χ0) is 12.2. The van der Waals surface area contributed by atoms with E-state index in [0.717, 1.165) is 25.9 Å². The summed E-state index contributed by atoms with van der Waals surface area (Å²) in [6, 6.07) is 0. The van der Waals surface area contributed by atoms with Gasteiger partial charge in [-0.25, -0.2) is 4.79 Å². The Bertz CT molecular complexity index is 224. The van der Waals surface area contributed by atoms with Gasteiger partial charge in [0.1, 0.15) is 0 Å². The molecule has 0 radical (unpaired) electrons. The summed E-state index contributed by atoms with van der Waals surface area (Å²) >= 11 is 0. The highest BCUT2D eigenvalue weighted by Crippen LogP contribution is 2.37. The molecule has 1 aliphatic heterocycles. The van der Waals surface area contributed by atoms with Crippen LogP contribution in [-0.2, 0) is 4.74 Å². The van der Waals surface area contributed by atoms with Crippen molar-refractivity contribution in [3.05, 3.63) is 0 Å². The Morgan fingerprint density at radius 3 is 2.12 bits per heavy atom. The highest BCUT2D eigenvalue weighted by molar-refractivity contribution is 5.67. The maximum Gasteiger partial charge on any atom is 0.410 e. The fourth-order valence-electron chi connectivity index (χ4n) is 2.40. The third kappa shape index (κ3) is 3.13. The van der Waals surface area contributed by atoms with Gasteiger partial charge in [-0.3, -0.25) is 0 Å². The molecule has 1 fully saturated rings. The van der Waals surface area contributed by atoms with Crippen molar-refractivity contribution in [2.24, 2.45) is 5.41 Å². The third-order valence-electron chi connectivity index (χ3n) is 3.92. The lowest BCUT2D eigenvalue weighted by Gasteiger charge is -2.40. The van der Waals surface area contributed by atoms with Crippen molar-refractivity contribution < 1.29 is 9.53 Å². The first-order valence-electron chi connectivity index (χ1n) is 6.48. The van der Waals surface area contributed by atoms with Crippen molar-refractivity contribution in [3.63, 3.8) is 0 Å². The fourth-order valence-corrected chi connectivity index (χ4v) is 2.40. The molecule has 0 aromatic carbocycles. The summed E-state index contributed by atoms with van der Waals surface area (Å²) in [7, 11) is 0. The van der Waals surface area contributed by atoms with Crippen molar-refractivity contribution in [2.75, 3.05) is 13.1 Å². The van der Waals surface area contributed by atoms with Crippen LogP contribution in [0.1, 0.15) is 53.4 Å². The number of nitrogens with zero attached hydrogens (tertiary/aromatic N) is 1. The average molecular weight is 227 g/mol. The van der Waals surface area contributed by atoms with Crippen LogP contribution in [0.15, 0.2) is 0 Å². The molecule has 1 rings (SSSR count). The molecule has 0 bridgehead atoms. The molecule has 94 valence electrons. The van der Waals surface area contributed by atoms with Crippen LogP contribution in [0.3, 0.4) is 0 Å². The Balaban J connectivity index is 2.45. The van der Waals surface area contributed by atoms with E-state index in [4.69, 9.17) is 4.74 Å². The molecule has 1 aliphatic rings. The second-order valence-corrected chi connectivity index (χ2v) is 5.13. The van der Waals surface area contributed by atoms with E-state index < -0.39 is 0 Å². The number of likely N-dealkylation sites (tertiary alicyclic amines) is 1. The van der Waals surface area contributed by atoms with Crippen LogP contribution >= 0.6 is 0 Å². The van der Waals surface area contributed by atoms with Gasteiger partial charge in [-0.15, -0.1) is 0 Å². The molecule has 1 amide bonds. The maximum absolute atomic E-state index is 11.7. The number of carbonyl (C=O) groups excluding carboxylic acids is 1. The first-order chi connectivity index (χ1) is 7.53. The number of rotatable bonds is 3. The second-order valence-electron chi connectivity index (χ2n) is 5.13. The van der Waals surface area contributed by atoms with Gasteiger partial charge in [-0.1, -0.05) is 26.7 Å². The molecule has 3 heteroatoms. The van der Waals surface area contributed by atoms with Crippen LogP contribution in [0.2, 0.25) is 0 Å². The molecule has 0 aromatic rings. The zero-order valence-electron chi connectivity index (χ0n) is 11.1. The van der Waals surface area contributed by atoms with E-state index in [2.05, 4.69) is 13.8 Å². The molecule has 0 saturated carbocycles. The number of hydrogen-bond donors (Lipinski definition) is 0. The van der Waals surface area contributed by atoms with E-state index in [-0.39, 0.29) is 12.2 Å². The van der Waals surface area contributed by atoms with Crippen molar-refractivity contribution in [1.82, 2.24) is 4.90 Å². The van der Waals surface area contributed by atoms with Gasteiger partial charge in [0.2, 0.25) is 0 Å². The minimum Gasteiger partial charge on any atom is -0.447 e. The number of amides is 1. The van der Waals surface area contributed by atoms with Gasteiger partial charge in [0.15, 0.2) is 0 Å². The van der Waals surface area contributed by atoms with Gasteiger partial charge in [0, 0.05) is 13.1 Å². The summed E-state index contributed by atoms with van der Waals surface area (Å²) in [5, 5.41) is 0. The van der Waals surface area contributed by atoms with Crippen LogP contribution in [0.25, 0.3) is 0 Å². The van der Waals surface area contributed by atoms with Crippen molar-refractivity contribution in [3.8, 4) is 0 Å². The summed E-state index contributed by atoms with van der Waals surface area (Å²) in [6.07, 6.45) is 4.51. The molecule has 1 saturated heterocycles. The molecule has 1 heterocycles. The van der Waals surface area contributed by atoms with E-state index in [1.807, 2.05) is 18.7 Å². The monoisotopic (exact) mass is 227 g/mol.